The number of fused-ring (bicyclic) bond motifs is 1. The average Bonchev–Trinajstić information content (AvgIpc) is 2.78. The van der Waals surface area contributed by atoms with Crippen molar-refractivity contribution < 1.29 is 14.3 Å². The van der Waals surface area contributed by atoms with Gasteiger partial charge in [-0.2, -0.15) is 0 Å². The van der Waals surface area contributed by atoms with Crippen LogP contribution in [-0.4, -0.2) is 38.2 Å². The van der Waals surface area contributed by atoms with Gasteiger partial charge < -0.3 is 19.7 Å². The van der Waals surface area contributed by atoms with E-state index in [1.54, 1.807) is 38.6 Å². The van der Waals surface area contributed by atoms with Gasteiger partial charge in [0.1, 0.15) is 17.3 Å². The molecule has 6 heteroatoms. The van der Waals surface area contributed by atoms with Crippen LogP contribution in [0.2, 0.25) is 0 Å². The number of carbonyl (C=O) groups excluding carboxylic acids is 1. The first-order chi connectivity index (χ1) is 14.2. The molecule has 0 aliphatic carbocycles. The normalized spacial score (nSPS) is 13.9. The van der Waals surface area contributed by atoms with Crippen molar-refractivity contribution in [3.8, 4) is 11.5 Å². The molecule has 0 saturated carbocycles. The summed E-state index contributed by atoms with van der Waals surface area (Å²) in [6, 6.07) is 13.2. The van der Waals surface area contributed by atoms with Crippen LogP contribution < -0.4 is 19.7 Å². The van der Waals surface area contributed by atoms with Crippen molar-refractivity contribution in [3.05, 3.63) is 54.2 Å². The highest BCUT2D eigenvalue weighted by Crippen LogP contribution is 2.30. The van der Waals surface area contributed by atoms with Crippen molar-refractivity contribution in [2.45, 2.75) is 19.3 Å². The third-order valence-electron chi connectivity index (χ3n) is 5.28. The van der Waals surface area contributed by atoms with Gasteiger partial charge in [0.05, 0.1) is 19.8 Å². The minimum absolute atomic E-state index is 0.214. The predicted molar refractivity (Wildman–Crippen MR) is 115 cm³/mol. The summed E-state index contributed by atoms with van der Waals surface area (Å²) in [5, 5.41) is 4.85. The van der Waals surface area contributed by atoms with Gasteiger partial charge in [0, 0.05) is 48.6 Å². The van der Waals surface area contributed by atoms with Gasteiger partial charge in [-0.3, -0.25) is 4.79 Å². The van der Waals surface area contributed by atoms with E-state index in [0.717, 1.165) is 29.7 Å². The zero-order valence-corrected chi connectivity index (χ0v) is 16.8. The molecule has 1 aliphatic heterocycles. The molecule has 1 fully saturated rings. The Bertz CT molecular complexity index is 1010. The minimum Gasteiger partial charge on any atom is -0.497 e. The fraction of sp³-hybridized carbons (Fsp3) is 0.304. The number of nitrogens with zero attached hydrogens (tertiary/aromatic N) is 2. The molecule has 1 amide bonds. The Morgan fingerprint density at radius 2 is 1.62 bits per heavy atom. The van der Waals surface area contributed by atoms with E-state index in [2.05, 4.69) is 15.2 Å². The molecule has 1 saturated heterocycles. The Kier molecular flexibility index (Phi) is 5.51. The molecule has 0 bridgehead atoms. The van der Waals surface area contributed by atoms with E-state index in [-0.39, 0.29) is 5.91 Å². The van der Waals surface area contributed by atoms with E-state index < -0.39 is 0 Å². The number of piperidine rings is 1. The Morgan fingerprint density at radius 1 is 0.966 bits per heavy atom. The predicted octanol–water partition coefficient (Wildman–Crippen LogP) is 4.49. The fourth-order valence-corrected chi connectivity index (χ4v) is 3.79. The number of nitrogens with one attached hydrogen (secondary N) is 1. The number of aromatic nitrogens is 1. The Hall–Kier alpha value is -3.28. The van der Waals surface area contributed by atoms with Gasteiger partial charge in [0.25, 0.3) is 5.91 Å². The molecule has 6 nitrogen and oxygen atoms in total. The minimum atomic E-state index is -0.214. The number of methoxy groups -OCH3 is 2. The summed E-state index contributed by atoms with van der Waals surface area (Å²) in [7, 11) is 3.16. The summed E-state index contributed by atoms with van der Waals surface area (Å²) in [6.45, 7) is 2.01. The molecule has 0 unspecified atom stereocenters. The maximum absolute atomic E-state index is 13.1. The summed E-state index contributed by atoms with van der Waals surface area (Å²) in [5.41, 5.74) is 1.15. The summed E-state index contributed by atoms with van der Waals surface area (Å²) < 4.78 is 10.6. The molecular weight excluding hydrogens is 366 g/mol. The third kappa shape index (κ3) is 3.97. The van der Waals surface area contributed by atoms with Crippen molar-refractivity contribution in [1.29, 1.82) is 0 Å². The number of amides is 1. The van der Waals surface area contributed by atoms with Crippen molar-refractivity contribution in [1.82, 2.24) is 4.98 Å². The molecule has 29 heavy (non-hydrogen) atoms. The molecule has 150 valence electrons. The van der Waals surface area contributed by atoms with Gasteiger partial charge in [-0.1, -0.05) is 24.3 Å². The molecule has 2 aromatic carbocycles. The summed E-state index contributed by atoms with van der Waals surface area (Å²) >= 11 is 0. The summed E-state index contributed by atoms with van der Waals surface area (Å²) in [6.07, 6.45) is 5.30. The van der Waals surface area contributed by atoms with E-state index >= 15 is 0 Å². The average molecular weight is 391 g/mol. The van der Waals surface area contributed by atoms with Crippen molar-refractivity contribution in [3.63, 3.8) is 0 Å². The molecule has 3 aromatic rings. The maximum Gasteiger partial charge on any atom is 0.257 e. The fourth-order valence-electron chi connectivity index (χ4n) is 3.79. The molecule has 1 N–H and O–H groups in total. The Labute approximate surface area is 170 Å². The topological polar surface area (TPSA) is 63.7 Å². The molecular formula is C23H25N3O3. The largest absolute Gasteiger partial charge is 0.497 e. The highest BCUT2D eigenvalue weighted by Gasteiger charge is 2.19. The lowest BCUT2D eigenvalue weighted by Crippen LogP contribution is -2.30. The second kappa shape index (κ2) is 8.39. The van der Waals surface area contributed by atoms with Crippen LogP contribution in [0.25, 0.3) is 10.8 Å². The Morgan fingerprint density at radius 3 is 2.28 bits per heavy atom. The standard InChI is InChI=1S/C23H25N3O3/c1-28-17-12-16(13-18(14-17)29-2)25-23(27)21-15-24-22(26-10-6-3-7-11-26)20-9-5-4-8-19(20)21/h4-5,8-9,12-15H,3,6-7,10-11H2,1-2H3,(H,25,27). The first-order valence-electron chi connectivity index (χ1n) is 9.86. The zero-order chi connectivity index (χ0) is 20.2. The van der Waals surface area contributed by atoms with Gasteiger partial charge in [0.2, 0.25) is 0 Å². The molecule has 4 rings (SSSR count). The van der Waals surface area contributed by atoms with Crippen LogP contribution in [0.4, 0.5) is 11.5 Å². The van der Waals surface area contributed by atoms with Gasteiger partial charge in [-0.05, 0) is 24.6 Å². The molecule has 0 atom stereocenters. The van der Waals surface area contributed by atoms with Gasteiger partial charge in [-0.15, -0.1) is 0 Å². The van der Waals surface area contributed by atoms with Gasteiger partial charge in [0.15, 0.2) is 0 Å². The molecule has 2 heterocycles. The van der Waals surface area contributed by atoms with Crippen LogP contribution in [0, 0.1) is 0 Å². The van der Waals surface area contributed by atoms with Crippen molar-refractivity contribution in [2.24, 2.45) is 0 Å². The Balaban J connectivity index is 1.68. The molecule has 1 aliphatic rings. The highest BCUT2D eigenvalue weighted by molar-refractivity contribution is 6.14. The van der Waals surface area contributed by atoms with Crippen LogP contribution >= 0.6 is 0 Å². The smallest absolute Gasteiger partial charge is 0.257 e. The third-order valence-corrected chi connectivity index (χ3v) is 5.28. The van der Waals surface area contributed by atoms with Crippen LogP contribution in [-0.2, 0) is 0 Å². The van der Waals surface area contributed by atoms with E-state index in [1.807, 2.05) is 24.3 Å². The van der Waals surface area contributed by atoms with Crippen LogP contribution in [0.1, 0.15) is 29.6 Å². The summed E-state index contributed by atoms with van der Waals surface area (Å²) in [5.74, 6) is 1.97. The monoisotopic (exact) mass is 391 g/mol. The first kappa shape index (κ1) is 19.1. The van der Waals surface area contributed by atoms with E-state index in [0.29, 0.717) is 22.7 Å². The van der Waals surface area contributed by atoms with Crippen LogP contribution in [0.15, 0.2) is 48.7 Å². The number of benzene rings is 2. The van der Waals surface area contributed by atoms with E-state index in [4.69, 9.17) is 9.47 Å². The maximum atomic E-state index is 13.1. The highest BCUT2D eigenvalue weighted by atomic mass is 16.5. The lowest BCUT2D eigenvalue weighted by atomic mass is 10.0. The van der Waals surface area contributed by atoms with Gasteiger partial charge in [-0.25, -0.2) is 4.98 Å². The number of carbonyl (C=O) groups is 1. The SMILES string of the molecule is COc1cc(NC(=O)c2cnc(N3CCCCC3)c3ccccc23)cc(OC)c1. The summed E-state index contributed by atoms with van der Waals surface area (Å²) in [4.78, 5) is 20.1. The second-order valence-electron chi connectivity index (χ2n) is 7.14. The van der Waals surface area contributed by atoms with E-state index in [9.17, 15) is 4.79 Å². The molecule has 0 radical (unpaired) electrons. The van der Waals surface area contributed by atoms with Crippen molar-refractivity contribution >= 4 is 28.2 Å². The number of rotatable bonds is 5. The van der Waals surface area contributed by atoms with Crippen LogP contribution in [0.5, 0.6) is 11.5 Å². The number of hydrogen-bond acceptors (Lipinski definition) is 5. The first-order valence-corrected chi connectivity index (χ1v) is 9.86. The molecule has 1 aromatic heterocycles. The second-order valence-corrected chi connectivity index (χ2v) is 7.14. The van der Waals surface area contributed by atoms with Crippen molar-refractivity contribution in [2.75, 3.05) is 37.5 Å². The van der Waals surface area contributed by atoms with E-state index in [1.165, 1.54) is 19.3 Å². The quantitative estimate of drug-likeness (QED) is 0.694. The number of ether oxygens (including phenoxy) is 2. The zero-order valence-electron chi connectivity index (χ0n) is 16.8. The lowest BCUT2D eigenvalue weighted by molar-refractivity contribution is 0.102. The number of pyridine rings is 1. The number of hydrogen-bond donors (Lipinski definition) is 1. The lowest BCUT2D eigenvalue weighted by Gasteiger charge is -2.29. The van der Waals surface area contributed by atoms with Gasteiger partial charge >= 0.3 is 0 Å². The van der Waals surface area contributed by atoms with Crippen LogP contribution in [0.3, 0.4) is 0 Å². The molecule has 0 spiro atoms. The number of anilines is 2.